The van der Waals surface area contributed by atoms with Crippen molar-refractivity contribution in [2.24, 2.45) is 0 Å². The quantitative estimate of drug-likeness (QED) is 0.192. The summed E-state index contributed by atoms with van der Waals surface area (Å²) >= 11 is 0. The molecule has 2 atom stereocenters. The predicted molar refractivity (Wildman–Crippen MR) is 172 cm³/mol. The van der Waals surface area contributed by atoms with Crippen LogP contribution >= 0.6 is 15.2 Å². The maximum atomic E-state index is 2.44. The van der Waals surface area contributed by atoms with E-state index in [1.165, 1.54) is 49.3 Å². The van der Waals surface area contributed by atoms with Crippen molar-refractivity contribution in [1.29, 1.82) is 0 Å². The third-order valence-electron chi connectivity index (χ3n) is 6.95. The van der Waals surface area contributed by atoms with Crippen molar-refractivity contribution in [3.63, 3.8) is 0 Å². The molecule has 0 aliphatic heterocycles. The molecule has 0 aromatic heterocycles. The molecular formula is C36H36P2. The SMILES string of the molecule is Cc1ccccc1-c1c(C)cccc1[P@]([P@@](c1ccccc1)c1ccc(-c2ccccc2)cc1)C(C)(C)C. The Kier molecular flexibility index (Phi) is 7.95. The summed E-state index contributed by atoms with van der Waals surface area (Å²) in [5.41, 5.74) is 8.02. The Morgan fingerprint density at radius 1 is 0.474 bits per heavy atom. The summed E-state index contributed by atoms with van der Waals surface area (Å²) in [4.78, 5) is 0. The fourth-order valence-electron chi connectivity index (χ4n) is 5.18. The summed E-state index contributed by atoms with van der Waals surface area (Å²) < 4.78 is 0. The minimum absolute atomic E-state index is 0.111. The summed E-state index contributed by atoms with van der Waals surface area (Å²) in [6.07, 6.45) is 0. The highest BCUT2D eigenvalue weighted by Crippen LogP contribution is 2.73. The lowest BCUT2D eigenvalue weighted by molar-refractivity contribution is 0.796. The molecule has 38 heavy (non-hydrogen) atoms. The van der Waals surface area contributed by atoms with Crippen molar-refractivity contribution in [1.82, 2.24) is 0 Å². The van der Waals surface area contributed by atoms with Crippen LogP contribution in [0.3, 0.4) is 0 Å². The molecule has 0 amide bonds. The normalized spacial score (nSPS) is 13.2. The summed E-state index contributed by atoms with van der Waals surface area (Å²) in [5.74, 6) is 0. The van der Waals surface area contributed by atoms with E-state index >= 15 is 0 Å². The Hall–Kier alpha value is -3.04. The number of benzene rings is 5. The molecule has 0 N–H and O–H groups in total. The van der Waals surface area contributed by atoms with Crippen LogP contribution in [0.5, 0.6) is 0 Å². The molecule has 5 rings (SSSR count). The Morgan fingerprint density at radius 2 is 1.00 bits per heavy atom. The maximum Gasteiger partial charge on any atom is -0.00711 e. The molecule has 0 unspecified atom stereocenters. The van der Waals surface area contributed by atoms with E-state index in [-0.39, 0.29) is 5.16 Å². The number of aryl methyl sites for hydroxylation is 2. The van der Waals surface area contributed by atoms with E-state index in [0.717, 1.165) is 0 Å². The minimum Gasteiger partial charge on any atom is -0.0622 e. The lowest BCUT2D eigenvalue weighted by atomic mass is 9.97. The van der Waals surface area contributed by atoms with Crippen LogP contribution in [0.4, 0.5) is 0 Å². The zero-order chi connectivity index (χ0) is 26.7. The summed E-state index contributed by atoms with van der Waals surface area (Å²) in [5, 5.41) is 4.53. The molecule has 0 fully saturated rings. The lowest BCUT2D eigenvalue weighted by Crippen LogP contribution is -2.25. The molecule has 0 aliphatic carbocycles. The van der Waals surface area contributed by atoms with Gasteiger partial charge in [0.15, 0.2) is 0 Å². The Balaban J connectivity index is 1.72. The van der Waals surface area contributed by atoms with Gasteiger partial charge in [-0.15, -0.1) is 0 Å². The first-order chi connectivity index (χ1) is 18.3. The first-order valence-electron chi connectivity index (χ1n) is 13.3. The third-order valence-corrected chi connectivity index (χ3v) is 16.1. The van der Waals surface area contributed by atoms with E-state index in [0.29, 0.717) is 0 Å². The monoisotopic (exact) mass is 530 g/mol. The molecule has 2 heteroatoms. The fraction of sp³-hybridized carbons (Fsp3) is 0.167. The van der Waals surface area contributed by atoms with Crippen LogP contribution in [-0.2, 0) is 0 Å². The van der Waals surface area contributed by atoms with Crippen molar-refractivity contribution in [2.45, 2.75) is 39.8 Å². The molecule has 0 radical (unpaired) electrons. The molecule has 5 aromatic rings. The van der Waals surface area contributed by atoms with Crippen LogP contribution in [0.25, 0.3) is 22.3 Å². The van der Waals surface area contributed by atoms with Gasteiger partial charge in [-0.05, 0) is 83.5 Å². The van der Waals surface area contributed by atoms with E-state index in [1.807, 2.05) is 0 Å². The summed E-state index contributed by atoms with van der Waals surface area (Å²) in [6.45, 7) is 11.9. The summed E-state index contributed by atoms with van der Waals surface area (Å²) in [7, 11) is -1.21. The van der Waals surface area contributed by atoms with E-state index in [1.54, 1.807) is 0 Å². The zero-order valence-corrected chi connectivity index (χ0v) is 24.8. The highest BCUT2D eigenvalue weighted by Gasteiger charge is 2.37. The molecule has 0 bridgehead atoms. The van der Waals surface area contributed by atoms with E-state index in [2.05, 4.69) is 162 Å². The van der Waals surface area contributed by atoms with Crippen LogP contribution in [0.1, 0.15) is 31.9 Å². The van der Waals surface area contributed by atoms with Gasteiger partial charge in [0.2, 0.25) is 0 Å². The van der Waals surface area contributed by atoms with Gasteiger partial charge >= 0.3 is 0 Å². The van der Waals surface area contributed by atoms with Gasteiger partial charge in [0.05, 0.1) is 0 Å². The largest absolute Gasteiger partial charge is 0.0622 e. The highest BCUT2D eigenvalue weighted by molar-refractivity contribution is 8.39. The van der Waals surface area contributed by atoms with Gasteiger partial charge in [-0.25, -0.2) is 0 Å². The van der Waals surface area contributed by atoms with Crippen molar-refractivity contribution < 1.29 is 0 Å². The molecule has 0 saturated heterocycles. The van der Waals surface area contributed by atoms with Crippen LogP contribution in [0.2, 0.25) is 0 Å². The van der Waals surface area contributed by atoms with Gasteiger partial charge in [-0.2, -0.15) is 0 Å². The first-order valence-corrected chi connectivity index (χ1v) is 16.7. The third kappa shape index (κ3) is 5.54. The Bertz CT molecular complexity index is 1500. The first kappa shape index (κ1) is 26.6. The minimum atomic E-state index is -0.624. The van der Waals surface area contributed by atoms with Gasteiger partial charge in [-0.3, -0.25) is 0 Å². The second kappa shape index (κ2) is 11.4. The topological polar surface area (TPSA) is 0 Å². The standard InChI is InChI=1S/C36H36P2/c1-27-15-12-13-21-33(27)35-28(2)16-14-22-34(35)38(36(3,4)5)37(31-19-10-7-11-20-31)32-25-23-30(24-26-32)29-17-8-6-9-18-29/h6-26H,1-5H3/t37-,38-/m0/s1. The van der Waals surface area contributed by atoms with Crippen molar-refractivity contribution in [2.75, 3.05) is 0 Å². The van der Waals surface area contributed by atoms with Gasteiger partial charge in [0.1, 0.15) is 0 Å². The van der Waals surface area contributed by atoms with E-state index in [4.69, 9.17) is 0 Å². The van der Waals surface area contributed by atoms with Gasteiger partial charge in [0.25, 0.3) is 0 Å². The van der Waals surface area contributed by atoms with Crippen LogP contribution in [0, 0.1) is 13.8 Å². The second-order valence-corrected chi connectivity index (χ2v) is 17.3. The molecular weight excluding hydrogens is 494 g/mol. The number of rotatable bonds is 6. The molecule has 0 aliphatic rings. The maximum absolute atomic E-state index is 2.44. The van der Waals surface area contributed by atoms with Gasteiger partial charge in [-0.1, -0.05) is 148 Å². The van der Waals surface area contributed by atoms with Crippen LogP contribution in [-0.4, -0.2) is 5.16 Å². The Labute approximate surface area is 231 Å². The average Bonchev–Trinajstić information content (AvgIpc) is 2.93. The van der Waals surface area contributed by atoms with E-state index in [9.17, 15) is 0 Å². The lowest BCUT2D eigenvalue weighted by Gasteiger charge is -2.40. The van der Waals surface area contributed by atoms with Crippen molar-refractivity contribution in [3.8, 4) is 22.3 Å². The average molecular weight is 531 g/mol. The smallest absolute Gasteiger partial charge is 0.00711 e. The second-order valence-electron chi connectivity index (χ2n) is 10.8. The zero-order valence-electron chi connectivity index (χ0n) is 23.0. The molecule has 0 nitrogen and oxygen atoms in total. The Morgan fingerprint density at radius 3 is 1.63 bits per heavy atom. The molecule has 0 saturated carbocycles. The van der Waals surface area contributed by atoms with E-state index < -0.39 is 15.2 Å². The number of hydrogen-bond donors (Lipinski definition) is 0. The van der Waals surface area contributed by atoms with Crippen molar-refractivity contribution in [3.05, 3.63) is 139 Å². The molecule has 0 heterocycles. The van der Waals surface area contributed by atoms with Gasteiger partial charge in [0, 0.05) is 0 Å². The van der Waals surface area contributed by atoms with Crippen LogP contribution in [0.15, 0.2) is 127 Å². The molecule has 0 spiro atoms. The summed E-state index contributed by atoms with van der Waals surface area (Å²) in [6, 6.07) is 47.2. The highest BCUT2D eigenvalue weighted by atomic mass is 32.1. The fourth-order valence-corrected chi connectivity index (χ4v) is 14.2. The number of hydrogen-bond acceptors (Lipinski definition) is 0. The molecule has 5 aromatic carbocycles. The van der Waals surface area contributed by atoms with Crippen molar-refractivity contribution >= 4 is 31.1 Å². The molecule has 190 valence electrons. The van der Waals surface area contributed by atoms with Gasteiger partial charge < -0.3 is 0 Å². The predicted octanol–water partition coefficient (Wildman–Crippen LogP) is 9.59. The van der Waals surface area contributed by atoms with Crippen LogP contribution < -0.4 is 15.9 Å².